The van der Waals surface area contributed by atoms with Crippen molar-refractivity contribution in [3.63, 3.8) is 0 Å². The molecule has 0 aliphatic carbocycles. The molecule has 0 fully saturated rings. The fourth-order valence-corrected chi connectivity index (χ4v) is 2.11. The van der Waals surface area contributed by atoms with Crippen molar-refractivity contribution in [1.29, 1.82) is 0 Å². The van der Waals surface area contributed by atoms with Crippen molar-refractivity contribution < 1.29 is 4.74 Å². The zero-order chi connectivity index (χ0) is 13.4. The number of aryl methyl sites for hydroxylation is 2. The van der Waals surface area contributed by atoms with E-state index in [0.29, 0.717) is 11.5 Å². The van der Waals surface area contributed by atoms with Crippen molar-refractivity contribution in [3.8, 4) is 17.3 Å². The highest BCUT2D eigenvalue weighted by atomic mass is 16.5. The number of rotatable bonds is 3. The van der Waals surface area contributed by atoms with Gasteiger partial charge < -0.3 is 9.72 Å². The third-order valence-corrected chi connectivity index (χ3v) is 3.02. The number of aromatic nitrogens is 5. The molecule has 0 radical (unpaired) electrons. The molecule has 3 aromatic heterocycles. The Morgan fingerprint density at radius 2 is 2.16 bits per heavy atom. The van der Waals surface area contributed by atoms with Gasteiger partial charge in [-0.2, -0.15) is 10.1 Å². The summed E-state index contributed by atoms with van der Waals surface area (Å²) in [5.74, 6) is 1.35. The van der Waals surface area contributed by atoms with Gasteiger partial charge in [-0.15, -0.1) is 0 Å². The van der Waals surface area contributed by atoms with E-state index in [1.807, 2.05) is 25.4 Å². The zero-order valence-corrected chi connectivity index (χ0v) is 11.1. The molecule has 1 N–H and O–H groups in total. The van der Waals surface area contributed by atoms with E-state index in [4.69, 9.17) is 4.74 Å². The van der Waals surface area contributed by atoms with Crippen LogP contribution in [0.4, 0.5) is 0 Å². The molecular weight excluding hydrogens is 242 g/mol. The topological polar surface area (TPSA) is 68.6 Å². The van der Waals surface area contributed by atoms with Crippen molar-refractivity contribution in [2.24, 2.45) is 7.05 Å². The van der Waals surface area contributed by atoms with Gasteiger partial charge in [0.05, 0.1) is 23.9 Å². The maximum atomic E-state index is 5.10. The minimum absolute atomic E-state index is 0.562. The average Bonchev–Trinajstić information content (AvgIpc) is 3.00. The number of methoxy groups -OCH3 is 1. The molecule has 3 aromatic rings. The molecule has 3 rings (SSSR count). The van der Waals surface area contributed by atoms with Crippen LogP contribution in [-0.2, 0) is 13.5 Å². The van der Waals surface area contributed by atoms with Gasteiger partial charge in [0.25, 0.3) is 0 Å². The number of hydrogen-bond acceptors (Lipinski definition) is 4. The van der Waals surface area contributed by atoms with Crippen LogP contribution < -0.4 is 4.74 Å². The summed E-state index contributed by atoms with van der Waals surface area (Å²) in [6.45, 7) is 2.08. The highest BCUT2D eigenvalue weighted by Gasteiger charge is 2.13. The SMILES string of the molecule is CCc1nn(C)cc1-c1nc2nc(OC)ccc2[nH]1. The van der Waals surface area contributed by atoms with Crippen molar-refractivity contribution in [2.75, 3.05) is 7.11 Å². The largest absolute Gasteiger partial charge is 0.481 e. The molecule has 0 bridgehead atoms. The average molecular weight is 257 g/mol. The predicted octanol–water partition coefficient (Wildman–Crippen LogP) is 1.93. The number of hydrogen-bond donors (Lipinski definition) is 1. The Morgan fingerprint density at radius 1 is 1.32 bits per heavy atom. The first-order valence-corrected chi connectivity index (χ1v) is 6.15. The standard InChI is InChI=1S/C13H15N5O/c1-4-9-8(7-18(2)17-9)12-14-10-5-6-11(19-3)15-13(10)16-12/h5-7H,4H2,1-3H3,(H,14,15,16). The van der Waals surface area contributed by atoms with Crippen LogP contribution in [0, 0.1) is 0 Å². The van der Waals surface area contributed by atoms with E-state index in [1.54, 1.807) is 11.8 Å². The maximum absolute atomic E-state index is 5.10. The Kier molecular flexibility index (Phi) is 2.70. The number of H-pyrrole nitrogens is 1. The van der Waals surface area contributed by atoms with E-state index in [9.17, 15) is 0 Å². The van der Waals surface area contributed by atoms with E-state index < -0.39 is 0 Å². The quantitative estimate of drug-likeness (QED) is 0.778. The van der Waals surface area contributed by atoms with Crippen molar-refractivity contribution in [3.05, 3.63) is 24.0 Å². The number of pyridine rings is 1. The highest BCUT2D eigenvalue weighted by Crippen LogP contribution is 2.23. The number of ether oxygens (including phenoxy) is 1. The van der Waals surface area contributed by atoms with E-state index in [0.717, 1.165) is 29.0 Å². The first-order chi connectivity index (χ1) is 9.21. The van der Waals surface area contributed by atoms with Gasteiger partial charge in [-0.3, -0.25) is 4.68 Å². The fraction of sp³-hybridized carbons (Fsp3) is 0.308. The number of imidazole rings is 1. The van der Waals surface area contributed by atoms with Gasteiger partial charge in [0, 0.05) is 19.3 Å². The van der Waals surface area contributed by atoms with Gasteiger partial charge in [0.15, 0.2) is 5.65 Å². The van der Waals surface area contributed by atoms with Gasteiger partial charge in [-0.25, -0.2) is 4.98 Å². The zero-order valence-electron chi connectivity index (χ0n) is 11.1. The molecule has 0 spiro atoms. The number of nitrogens with one attached hydrogen (secondary N) is 1. The molecule has 6 nitrogen and oxygen atoms in total. The number of fused-ring (bicyclic) bond motifs is 1. The summed E-state index contributed by atoms with van der Waals surface area (Å²) < 4.78 is 6.91. The summed E-state index contributed by atoms with van der Waals surface area (Å²) in [5, 5.41) is 4.42. The molecule has 6 heteroatoms. The van der Waals surface area contributed by atoms with Crippen LogP contribution in [0.5, 0.6) is 5.88 Å². The molecule has 0 aliphatic rings. The third-order valence-electron chi connectivity index (χ3n) is 3.02. The molecule has 0 aliphatic heterocycles. The van der Waals surface area contributed by atoms with Gasteiger partial charge in [0.1, 0.15) is 5.82 Å². The normalized spacial score (nSPS) is 11.1. The predicted molar refractivity (Wildman–Crippen MR) is 72.0 cm³/mol. The van der Waals surface area contributed by atoms with E-state index in [1.165, 1.54) is 0 Å². The molecule has 0 saturated carbocycles. The van der Waals surface area contributed by atoms with E-state index >= 15 is 0 Å². The monoisotopic (exact) mass is 257 g/mol. The molecule has 3 heterocycles. The third kappa shape index (κ3) is 1.95. The van der Waals surface area contributed by atoms with Crippen LogP contribution in [0.3, 0.4) is 0 Å². The smallest absolute Gasteiger partial charge is 0.215 e. The molecule has 19 heavy (non-hydrogen) atoms. The van der Waals surface area contributed by atoms with Crippen LogP contribution in [-0.4, -0.2) is 31.8 Å². The minimum Gasteiger partial charge on any atom is -0.481 e. The van der Waals surface area contributed by atoms with Crippen LogP contribution in [0.15, 0.2) is 18.3 Å². The molecular formula is C13H15N5O. The fourth-order valence-electron chi connectivity index (χ4n) is 2.11. The number of aromatic amines is 1. The lowest BCUT2D eigenvalue weighted by Gasteiger charge is -1.95. The molecule has 0 amide bonds. The van der Waals surface area contributed by atoms with Gasteiger partial charge in [-0.05, 0) is 12.5 Å². The maximum Gasteiger partial charge on any atom is 0.215 e. The summed E-state index contributed by atoms with van der Waals surface area (Å²) in [6, 6.07) is 3.73. The lowest BCUT2D eigenvalue weighted by molar-refractivity contribution is 0.399. The summed E-state index contributed by atoms with van der Waals surface area (Å²) in [5.41, 5.74) is 3.58. The summed E-state index contributed by atoms with van der Waals surface area (Å²) in [4.78, 5) is 12.1. The highest BCUT2D eigenvalue weighted by molar-refractivity contribution is 5.76. The van der Waals surface area contributed by atoms with Gasteiger partial charge in [0.2, 0.25) is 5.88 Å². The molecule has 0 saturated heterocycles. The molecule has 0 atom stereocenters. The lowest BCUT2D eigenvalue weighted by atomic mass is 10.2. The Morgan fingerprint density at radius 3 is 2.89 bits per heavy atom. The second kappa shape index (κ2) is 4.38. The first kappa shape index (κ1) is 11.7. The lowest BCUT2D eigenvalue weighted by Crippen LogP contribution is -1.89. The van der Waals surface area contributed by atoms with E-state index in [-0.39, 0.29) is 0 Å². The van der Waals surface area contributed by atoms with Crippen molar-refractivity contribution in [2.45, 2.75) is 13.3 Å². The van der Waals surface area contributed by atoms with Gasteiger partial charge in [-0.1, -0.05) is 6.92 Å². The Labute approximate surface area is 110 Å². The Balaban J connectivity index is 2.14. The van der Waals surface area contributed by atoms with Gasteiger partial charge >= 0.3 is 0 Å². The van der Waals surface area contributed by atoms with Crippen molar-refractivity contribution in [1.82, 2.24) is 24.7 Å². The molecule has 98 valence electrons. The summed E-state index contributed by atoms with van der Waals surface area (Å²) in [6.07, 6.45) is 2.83. The first-order valence-electron chi connectivity index (χ1n) is 6.15. The molecule has 0 aromatic carbocycles. The summed E-state index contributed by atoms with van der Waals surface area (Å²) in [7, 11) is 3.50. The second-order valence-electron chi connectivity index (χ2n) is 4.33. The van der Waals surface area contributed by atoms with E-state index in [2.05, 4.69) is 27.0 Å². The minimum atomic E-state index is 0.562. The second-order valence-corrected chi connectivity index (χ2v) is 4.33. The van der Waals surface area contributed by atoms with Crippen LogP contribution in [0.25, 0.3) is 22.6 Å². The molecule has 0 unspecified atom stereocenters. The Bertz CT molecular complexity index is 728. The number of nitrogens with zero attached hydrogens (tertiary/aromatic N) is 4. The Hall–Kier alpha value is -2.37. The van der Waals surface area contributed by atoms with Crippen LogP contribution in [0.2, 0.25) is 0 Å². The summed E-state index contributed by atoms with van der Waals surface area (Å²) >= 11 is 0. The van der Waals surface area contributed by atoms with Crippen LogP contribution in [0.1, 0.15) is 12.6 Å². The van der Waals surface area contributed by atoms with Crippen LogP contribution >= 0.6 is 0 Å². The van der Waals surface area contributed by atoms with Crippen molar-refractivity contribution >= 4 is 11.2 Å².